The molecule has 0 N–H and O–H groups in total. The van der Waals surface area contributed by atoms with E-state index in [-0.39, 0.29) is 5.82 Å². The SMILES string of the molecule is Fc1ccc(N2CCN(Cc3cccn3-c3nnc(N4CCCC4)s3)CC2)cc1. The van der Waals surface area contributed by atoms with E-state index in [2.05, 4.69) is 47.8 Å². The van der Waals surface area contributed by atoms with Gasteiger partial charge in [-0.1, -0.05) is 11.3 Å². The van der Waals surface area contributed by atoms with Gasteiger partial charge < -0.3 is 9.80 Å². The van der Waals surface area contributed by atoms with E-state index in [0.29, 0.717) is 0 Å². The summed E-state index contributed by atoms with van der Waals surface area (Å²) in [4.78, 5) is 7.12. The highest BCUT2D eigenvalue weighted by Crippen LogP contribution is 2.27. The van der Waals surface area contributed by atoms with Gasteiger partial charge in [0.05, 0.1) is 0 Å². The van der Waals surface area contributed by atoms with E-state index >= 15 is 0 Å². The Bertz CT molecular complexity index is 938. The van der Waals surface area contributed by atoms with Crippen LogP contribution in [0.3, 0.4) is 0 Å². The van der Waals surface area contributed by atoms with Crippen LogP contribution in [-0.2, 0) is 6.54 Å². The molecule has 2 aromatic heterocycles. The lowest BCUT2D eigenvalue weighted by Crippen LogP contribution is -2.46. The van der Waals surface area contributed by atoms with Gasteiger partial charge in [-0.3, -0.25) is 9.47 Å². The number of aromatic nitrogens is 3. The minimum atomic E-state index is -0.183. The van der Waals surface area contributed by atoms with Crippen LogP contribution in [0, 0.1) is 5.82 Å². The average molecular weight is 413 g/mol. The molecular formula is C21H25FN6S. The van der Waals surface area contributed by atoms with Crippen LogP contribution < -0.4 is 9.80 Å². The zero-order chi connectivity index (χ0) is 19.6. The second kappa shape index (κ2) is 8.12. The van der Waals surface area contributed by atoms with E-state index in [1.54, 1.807) is 11.3 Å². The molecule has 29 heavy (non-hydrogen) atoms. The molecule has 4 heterocycles. The molecule has 0 bridgehead atoms. The van der Waals surface area contributed by atoms with Crippen LogP contribution in [0.1, 0.15) is 18.5 Å². The molecule has 2 aliphatic rings. The Kier molecular flexibility index (Phi) is 5.20. The normalized spacial score (nSPS) is 18.0. The Hall–Kier alpha value is -2.45. The zero-order valence-corrected chi connectivity index (χ0v) is 17.2. The Morgan fingerprint density at radius 1 is 0.828 bits per heavy atom. The molecule has 3 aromatic rings. The zero-order valence-electron chi connectivity index (χ0n) is 16.4. The number of piperazine rings is 1. The molecule has 2 aliphatic heterocycles. The molecule has 0 atom stereocenters. The number of nitrogens with zero attached hydrogens (tertiary/aromatic N) is 6. The van der Waals surface area contributed by atoms with Gasteiger partial charge in [-0.25, -0.2) is 4.39 Å². The predicted molar refractivity (Wildman–Crippen MR) is 115 cm³/mol. The summed E-state index contributed by atoms with van der Waals surface area (Å²) in [6, 6.07) is 11.1. The third-order valence-corrected chi connectivity index (χ3v) is 6.75. The van der Waals surface area contributed by atoms with Crippen molar-refractivity contribution in [1.29, 1.82) is 0 Å². The summed E-state index contributed by atoms with van der Waals surface area (Å²) in [5, 5.41) is 10.8. The monoisotopic (exact) mass is 412 g/mol. The Morgan fingerprint density at radius 2 is 1.55 bits per heavy atom. The average Bonchev–Trinajstić information content (AvgIpc) is 3.50. The second-order valence-electron chi connectivity index (χ2n) is 7.67. The number of anilines is 2. The molecule has 0 amide bonds. The predicted octanol–water partition coefficient (Wildman–Crippen LogP) is 3.39. The molecule has 0 saturated carbocycles. The first-order chi connectivity index (χ1) is 14.3. The standard InChI is InChI=1S/C21H25FN6S/c22-17-5-7-18(8-6-17)26-14-12-25(13-15-26)16-19-4-3-11-28(19)21-24-23-20(29-21)27-9-1-2-10-27/h3-8,11H,1-2,9-10,12-16H2. The van der Waals surface area contributed by atoms with E-state index in [0.717, 1.165) is 61.8 Å². The molecule has 0 radical (unpaired) electrons. The number of rotatable bonds is 5. The summed E-state index contributed by atoms with van der Waals surface area (Å²) in [7, 11) is 0. The lowest BCUT2D eigenvalue weighted by Gasteiger charge is -2.36. The minimum absolute atomic E-state index is 0.183. The lowest BCUT2D eigenvalue weighted by molar-refractivity contribution is 0.246. The van der Waals surface area contributed by atoms with Gasteiger partial charge in [0, 0.05) is 63.4 Å². The van der Waals surface area contributed by atoms with E-state index in [1.165, 1.54) is 30.7 Å². The summed E-state index contributed by atoms with van der Waals surface area (Å²) in [6.45, 7) is 6.93. The first kappa shape index (κ1) is 18.6. The number of benzene rings is 1. The second-order valence-corrected chi connectivity index (χ2v) is 8.60. The van der Waals surface area contributed by atoms with E-state index < -0.39 is 0 Å². The fourth-order valence-electron chi connectivity index (χ4n) is 4.12. The van der Waals surface area contributed by atoms with Gasteiger partial charge in [0.2, 0.25) is 10.3 Å². The van der Waals surface area contributed by atoms with Crippen molar-refractivity contribution in [2.45, 2.75) is 19.4 Å². The molecule has 1 aromatic carbocycles. The molecule has 5 rings (SSSR count). The summed E-state index contributed by atoms with van der Waals surface area (Å²) in [5.74, 6) is -0.183. The van der Waals surface area contributed by atoms with Crippen molar-refractivity contribution >= 4 is 22.2 Å². The van der Waals surface area contributed by atoms with Crippen molar-refractivity contribution in [3.8, 4) is 5.13 Å². The van der Waals surface area contributed by atoms with E-state index in [9.17, 15) is 4.39 Å². The smallest absolute Gasteiger partial charge is 0.218 e. The Balaban J connectivity index is 1.22. The van der Waals surface area contributed by atoms with Gasteiger partial charge in [0.15, 0.2) is 0 Å². The summed E-state index contributed by atoms with van der Waals surface area (Å²) in [6.07, 6.45) is 4.57. The summed E-state index contributed by atoms with van der Waals surface area (Å²) >= 11 is 1.67. The maximum absolute atomic E-state index is 13.2. The van der Waals surface area contributed by atoms with Gasteiger partial charge >= 0.3 is 0 Å². The molecule has 0 aliphatic carbocycles. The van der Waals surface area contributed by atoms with Crippen LogP contribution in [-0.4, -0.2) is 58.9 Å². The van der Waals surface area contributed by atoms with E-state index in [1.807, 2.05) is 12.1 Å². The molecule has 2 saturated heterocycles. The largest absolute Gasteiger partial charge is 0.369 e. The first-order valence-corrected chi connectivity index (χ1v) is 11.1. The Labute approximate surface area is 174 Å². The maximum Gasteiger partial charge on any atom is 0.218 e. The Morgan fingerprint density at radius 3 is 2.31 bits per heavy atom. The highest BCUT2D eigenvalue weighted by molar-refractivity contribution is 7.17. The van der Waals surface area contributed by atoms with Crippen molar-refractivity contribution in [2.75, 3.05) is 49.1 Å². The van der Waals surface area contributed by atoms with Crippen molar-refractivity contribution < 1.29 is 4.39 Å². The molecule has 2 fully saturated rings. The van der Waals surface area contributed by atoms with Gasteiger partial charge in [-0.15, -0.1) is 10.2 Å². The molecule has 152 valence electrons. The fourth-order valence-corrected chi connectivity index (χ4v) is 5.03. The number of hydrogen-bond acceptors (Lipinski definition) is 6. The quantitative estimate of drug-likeness (QED) is 0.643. The summed E-state index contributed by atoms with van der Waals surface area (Å²) in [5.41, 5.74) is 2.34. The van der Waals surface area contributed by atoms with Crippen LogP contribution in [0.2, 0.25) is 0 Å². The molecular weight excluding hydrogens is 387 g/mol. The summed E-state index contributed by atoms with van der Waals surface area (Å²) < 4.78 is 15.3. The maximum atomic E-state index is 13.2. The van der Waals surface area contributed by atoms with Crippen LogP contribution in [0.15, 0.2) is 42.6 Å². The van der Waals surface area contributed by atoms with Crippen molar-refractivity contribution in [1.82, 2.24) is 19.7 Å². The third kappa shape index (κ3) is 4.00. The minimum Gasteiger partial charge on any atom is -0.369 e. The number of hydrogen-bond donors (Lipinski definition) is 0. The number of halogens is 1. The van der Waals surface area contributed by atoms with E-state index in [4.69, 9.17) is 0 Å². The van der Waals surface area contributed by atoms with Gasteiger partial charge in [-0.05, 0) is 49.2 Å². The van der Waals surface area contributed by atoms with Gasteiger partial charge in [-0.2, -0.15) is 0 Å². The topological polar surface area (TPSA) is 40.4 Å². The first-order valence-electron chi connectivity index (χ1n) is 10.2. The highest BCUT2D eigenvalue weighted by Gasteiger charge is 2.21. The van der Waals surface area contributed by atoms with Crippen LogP contribution in [0.5, 0.6) is 0 Å². The van der Waals surface area contributed by atoms with Gasteiger partial charge in [0.25, 0.3) is 0 Å². The molecule has 0 spiro atoms. The van der Waals surface area contributed by atoms with Crippen molar-refractivity contribution in [2.24, 2.45) is 0 Å². The molecule has 8 heteroatoms. The van der Waals surface area contributed by atoms with Crippen molar-refractivity contribution in [3.05, 3.63) is 54.1 Å². The highest BCUT2D eigenvalue weighted by atomic mass is 32.1. The van der Waals surface area contributed by atoms with Crippen LogP contribution >= 0.6 is 11.3 Å². The van der Waals surface area contributed by atoms with Gasteiger partial charge in [0.1, 0.15) is 5.82 Å². The fraction of sp³-hybridized carbons (Fsp3) is 0.429. The van der Waals surface area contributed by atoms with Crippen molar-refractivity contribution in [3.63, 3.8) is 0 Å². The third-order valence-electron chi connectivity index (χ3n) is 5.77. The lowest BCUT2D eigenvalue weighted by atomic mass is 10.2. The molecule has 0 unspecified atom stereocenters. The van der Waals surface area contributed by atoms with Crippen LogP contribution in [0.25, 0.3) is 5.13 Å². The van der Waals surface area contributed by atoms with Crippen LogP contribution in [0.4, 0.5) is 15.2 Å². The molecule has 6 nitrogen and oxygen atoms in total.